The summed E-state index contributed by atoms with van der Waals surface area (Å²) in [5.74, 6) is 0. The summed E-state index contributed by atoms with van der Waals surface area (Å²) in [7, 11) is 0. The number of nitrogen functional groups attached to an aromatic ring is 2. The Morgan fingerprint density at radius 2 is 1.26 bits per heavy atom. The molecule has 0 aliphatic carbocycles. The summed E-state index contributed by atoms with van der Waals surface area (Å²) in [4.78, 5) is 0. The second-order valence-corrected chi connectivity index (χ2v) is 10.6. The van der Waals surface area contributed by atoms with E-state index in [1.165, 1.54) is 21.9 Å². The molecule has 0 saturated heterocycles. The van der Waals surface area contributed by atoms with Crippen molar-refractivity contribution in [1.82, 2.24) is 0 Å². The third kappa shape index (κ3) is 2.67. The highest BCUT2D eigenvalue weighted by molar-refractivity contribution is 9.10. The molecule has 3 heteroatoms. The fourth-order valence-electron chi connectivity index (χ4n) is 4.05. The van der Waals surface area contributed by atoms with Gasteiger partial charge >= 0.3 is 0 Å². The first kappa shape index (κ1) is 18.4. The minimum Gasteiger partial charge on any atom is -0.398 e. The maximum atomic E-state index is 6.57. The van der Waals surface area contributed by atoms with Crippen LogP contribution < -0.4 is 11.5 Å². The second-order valence-electron chi connectivity index (χ2n) is 9.76. The van der Waals surface area contributed by atoms with Crippen LogP contribution in [0, 0.1) is 0 Å². The summed E-state index contributed by atoms with van der Waals surface area (Å²) >= 11 is 3.87. The summed E-state index contributed by atoms with van der Waals surface area (Å²) in [6, 6.07) is 11.0. The molecule has 140 valence electrons. The van der Waals surface area contributed by atoms with Gasteiger partial charge in [-0.25, -0.2) is 0 Å². The highest BCUT2D eigenvalue weighted by Crippen LogP contribution is 2.47. The lowest BCUT2D eigenvalue weighted by Crippen LogP contribution is -2.13. The molecule has 0 spiro atoms. The monoisotopic (exact) mass is 422 g/mol. The third-order valence-corrected chi connectivity index (χ3v) is 6.48. The number of halogens is 1. The van der Waals surface area contributed by atoms with Gasteiger partial charge in [-0.3, -0.25) is 0 Å². The minimum atomic E-state index is 0.00386. The highest BCUT2D eigenvalue weighted by Gasteiger charge is 2.24. The lowest BCUT2D eigenvalue weighted by molar-refractivity contribution is 0.589. The fraction of sp³-hybridized carbons (Fsp3) is 0.333. The quantitative estimate of drug-likeness (QED) is 0.234. The van der Waals surface area contributed by atoms with E-state index in [-0.39, 0.29) is 10.8 Å². The van der Waals surface area contributed by atoms with E-state index in [0.717, 1.165) is 37.4 Å². The van der Waals surface area contributed by atoms with Crippen molar-refractivity contribution in [2.45, 2.75) is 52.4 Å². The van der Waals surface area contributed by atoms with Crippen LogP contribution in [-0.2, 0) is 10.8 Å². The van der Waals surface area contributed by atoms with Gasteiger partial charge in [0.25, 0.3) is 0 Å². The predicted octanol–water partition coefficient (Wildman–Crippen LogP) is 7.11. The molecule has 0 radical (unpaired) electrons. The first-order valence-electron chi connectivity index (χ1n) is 9.40. The van der Waals surface area contributed by atoms with Crippen molar-refractivity contribution in [1.29, 1.82) is 0 Å². The van der Waals surface area contributed by atoms with Gasteiger partial charge in [-0.2, -0.15) is 0 Å². The van der Waals surface area contributed by atoms with Crippen LogP contribution in [0.2, 0.25) is 0 Å². The standard InChI is InChI=1S/C24H27BrN2/c1-23(2,3)13-7-12-8-18(26)15-10-17(24(4,5)6)22(25)16-11-19(27)14(9-13)20(12)21(15)16/h7-11H,26-27H2,1-6H3. The molecule has 4 rings (SSSR count). The smallest absolute Gasteiger partial charge is 0.0400 e. The molecule has 0 aliphatic heterocycles. The minimum absolute atomic E-state index is 0.00386. The molecule has 0 amide bonds. The Balaban J connectivity index is 2.29. The fourth-order valence-corrected chi connectivity index (χ4v) is 5.08. The lowest BCUT2D eigenvalue weighted by Gasteiger charge is -2.26. The number of rotatable bonds is 0. The molecule has 0 bridgehead atoms. The Labute approximate surface area is 169 Å². The van der Waals surface area contributed by atoms with Gasteiger partial charge in [0.1, 0.15) is 0 Å². The van der Waals surface area contributed by atoms with Crippen LogP contribution in [0.4, 0.5) is 11.4 Å². The van der Waals surface area contributed by atoms with E-state index in [9.17, 15) is 0 Å². The normalized spacial score (nSPS) is 13.3. The van der Waals surface area contributed by atoms with E-state index in [0.29, 0.717) is 0 Å². The van der Waals surface area contributed by atoms with Gasteiger partial charge in [0.15, 0.2) is 0 Å². The van der Waals surface area contributed by atoms with Gasteiger partial charge in [-0.1, -0.05) is 47.6 Å². The summed E-state index contributed by atoms with van der Waals surface area (Å²) in [6.45, 7) is 13.3. The second kappa shape index (κ2) is 5.51. The lowest BCUT2D eigenvalue weighted by atomic mass is 9.80. The van der Waals surface area contributed by atoms with Crippen LogP contribution >= 0.6 is 15.9 Å². The molecule has 0 unspecified atom stereocenters. The summed E-state index contributed by atoms with van der Waals surface area (Å²) < 4.78 is 1.11. The first-order chi connectivity index (χ1) is 12.4. The zero-order chi connectivity index (χ0) is 19.9. The van der Waals surface area contributed by atoms with Crippen LogP contribution in [0.5, 0.6) is 0 Å². The Hall–Kier alpha value is -2.00. The molecule has 0 saturated carbocycles. The van der Waals surface area contributed by atoms with E-state index in [1.807, 2.05) is 0 Å². The van der Waals surface area contributed by atoms with Crippen LogP contribution in [-0.4, -0.2) is 0 Å². The largest absolute Gasteiger partial charge is 0.398 e. The Kier molecular flexibility index (Phi) is 3.75. The van der Waals surface area contributed by atoms with Crippen molar-refractivity contribution >= 4 is 59.6 Å². The van der Waals surface area contributed by atoms with Crippen LogP contribution in [0.1, 0.15) is 52.7 Å². The van der Waals surface area contributed by atoms with E-state index in [2.05, 4.69) is 87.8 Å². The Bertz CT molecular complexity index is 1210. The van der Waals surface area contributed by atoms with Crippen LogP contribution in [0.3, 0.4) is 0 Å². The Morgan fingerprint density at radius 3 is 1.85 bits per heavy atom. The van der Waals surface area contributed by atoms with Crippen molar-refractivity contribution in [3.8, 4) is 0 Å². The van der Waals surface area contributed by atoms with E-state index < -0.39 is 0 Å². The number of hydrogen-bond donors (Lipinski definition) is 2. The zero-order valence-corrected chi connectivity index (χ0v) is 18.5. The zero-order valence-electron chi connectivity index (χ0n) is 16.9. The maximum Gasteiger partial charge on any atom is 0.0400 e. The van der Waals surface area contributed by atoms with Crippen molar-refractivity contribution < 1.29 is 0 Å². The van der Waals surface area contributed by atoms with Gasteiger partial charge in [-0.05, 0) is 78.3 Å². The van der Waals surface area contributed by atoms with Gasteiger partial charge in [0.05, 0.1) is 0 Å². The van der Waals surface area contributed by atoms with Crippen LogP contribution in [0.15, 0.2) is 34.8 Å². The predicted molar refractivity (Wildman–Crippen MR) is 124 cm³/mol. The van der Waals surface area contributed by atoms with Crippen molar-refractivity contribution in [2.75, 3.05) is 11.5 Å². The van der Waals surface area contributed by atoms with Crippen molar-refractivity contribution in [2.24, 2.45) is 0 Å². The van der Waals surface area contributed by atoms with Gasteiger partial charge < -0.3 is 11.5 Å². The maximum absolute atomic E-state index is 6.57. The molecule has 4 aromatic rings. The molecule has 27 heavy (non-hydrogen) atoms. The molecule has 0 aromatic heterocycles. The van der Waals surface area contributed by atoms with Gasteiger partial charge in [0.2, 0.25) is 0 Å². The molecule has 0 fully saturated rings. The van der Waals surface area contributed by atoms with Gasteiger partial charge in [0, 0.05) is 32.0 Å². The molecule has 0 heterocycles. The van der Waals surface area contributed by atoms with E-state index in [1.54, 1.807) is 0 Å². The summed E-state index contributed by atoms with van der Waals surface area (Å²) in [5, 5.41) is 6.95. The number of nitrogens with two attached hydrogens (primary N) is 2. The summed E-state index contributed by atoms with van der Waals surface area (Å²) in [5.41, 5.74) is 17.3. The molecule has 0 aliphatic rings. The summed E-state index contributed by atoms with van der Waals surface area (Å²) in [6.07, 6.45) is 0. The number of benzene rings is 4. The highest BCUT2D eigenvalue weighted by atomic mass is 79.9. The van der Waals surface area contributed by atoms with E-state index >= 15 is 0 Å². The van der Waals surface area contributed by atoms with Gasteiger partial charge in [-0.15, -0.1) is 0 Å². The third-order valence-electron chi connectivity index (χ3n) is 5.63. The molecular weight excluding hydrogens is 396 g/mol. The van der Waals surface area contributed by atoms with Crippen LogP contribution in [0.25, 0.3) is 32.3 Å². The average Bonchev–Trinajstić information content (AvgIpc) is 2.53. The molecule has 4 aromatic carbocycles. The topological polar surface area (TPSA) is 52.0 Å². The average molecular weight is 423 g/mol. The van der Waals surface area contributed by atoms with Crippen molar-refractivity contribution in [3.05, 3.63) is 45.9 Å². The number of anilines is 2. The molecule has 0 atom stereocenters. The molecule has 4 N–H and O–H groups in total. The number of hydrogen-bond acceptors (Lipinski definition) is 2. The first-order valence-corrected chi connectivity index (χ1v) is 10.2. The molecule has 2 nitrogen and oxygen atoms in total. The van der Waals surface area contributed by atoms with Crippen molar-refractivity contribution in [3.63, 3.8) is 0 Å². The Morgan fingerprint density at radius 1 is 0.667 bits per heavy atom. The molecular formula is C24H27BrN2. The van der Waals surface area contributed by atoms with E-state index in [4.69, 9.17) is 11.5 Å². The SMILES string of the molecule is CC(C)(C)c1cc2cc(N)c3cc(C(C)(C)C)c(Br)c4cc(N)c(c1)c2c34.